The molecule has 0 fully saturated rings. The summed E-state index contributed by atoms with van der Waals surface area (Å²) in [5, 5.41) is 0. The Kier molecular flexibility index (Phi) is 7.13. The Morgan fingerprint density at radius 3 is 2.33 bits per heavy atom. The highest BCUT2D eigenvalue weighted by atomic mass is 32.2. The van der Waals surface area contributed by atoms with Crippen LogP contribution in [-0.2, 0) is 15.6 Å². The van der Waals surface area contributed by atoms with E-state index in [4.69, 9.17) is 4.74 Å². The summed E-state index contributed by atoms with van der Waals surface area (Å²) in [7, 11) is -1.74. The first kappa shape index (κ1) is 21.9. The number of hydrogen-bond acceptors (Lipinski definition) is 5. The lowest BCUT2D eigenvalue weighted by Crippen LogP contribution is -2.00. The largest absolute Gasteiger partial charge is 0.497 e. The summed E-state index contributed by atoms with van der Waals surface area (Å²) in [6.07, 6.45) is 4.15. The van der Waals surface area contributed by atoms with Gasteiger partial charge in [0.15, 0.2) is 15.6 Å². The number of sulfone groups is 1. The van der Waals surface area contributed by atoms with Gasteiger partial charge in [-0.25, -0.2) is 8.42 Å². The van der Waals surface area contributed by atoms with Crippen LogP contribution in [0, 0.1) is 0 Å². The lowest BCUT2D eigenvalue weighted by Gasteiger charge is -2.08. The van der Waals surface area contributed by atoms with Crippen molar-refractivity contribution in [1.82, 2.24) is 0 Å². The second-order valence-corrected chi connectivity index (χ2v) is 9.64. The van der Waals surface area contributed by atoms with Crippen molar-refractivity contribution in [3.8, 4) is 5.75 Å². The highest BCUT2D eigenvalue weighted by Crippen LogP contribution is 2.28. The van der Waals surface area contributed by atoms with Crippen molar-refractivity contribution < 1.29 is 17.9 Å². The normalized spacial score (nSPS) is 11.5. The third kappa shape index (κ3) is 5.62. The molecule has 3 aromatic rings. The van der Waals surface area contributed by atoms with Crippen molar-refractivity contribution >= 4 is 33.5 Å². The molecule has 30 heavy (non-hydrogen) atoms. The molecular formula is C24H22O4S2. The van der Waals surface area contributed by atoms with Gasteiger partial charge in [0.25, 0.3) is 0 Å². The first-order chi connectivity index (χ1) is 14.4. The van der Waals surface area contributed by atoms with E-state index in [0.717, 1.165) is 28.2 Å². The third-order valence-electron chi connectivity index (χ3n) is 4.44. The minimum Gasteiger partial charge on any atom is -0.497 e. The second kappa shape index (κ2) is 9.78. The summed E-state index contributed by atoms with van der Waals surface area (Å²) in [5.41, 5.74) is 2.21. The molecule has 0 aromatic heterocycles. The van der Waals surface area contributed by atoms with Crippen LogP contribution in [0.1, 0.15) is 21.5 Å². The fraction of sp³-hybridized carbons (Fsp3) is 0.125. The molecule has 4 nitrogen and oxygen atoms in total. The number of ketones is 1. The standard InChI is InChI=1S/C24H22O4S2/c1-28-20-14-11-18(12-15-20)17-29-23-9-5-4-8-21(23)22(25)16-13-19-7-3-6-10-24(19)30(2,26)27/h3-16H,17H2,1-2H3. The van der Waals surface area contributed by atoms with Crippen LogP contribution >= 0.6 is 11.8 Å². The van der Waals surface area contributed by atoms with Gasteiger partial charge in [0.05, 0.1) is 12.0 Å². The number of methoxy groups -OCH3 is 1. The zero-order chi connectivity index (χ0) is 21.6. The lowest BCUT2D eigenvalue weighted by molar-refractivity contribution is 0.104. The highest BCUT2D eigenvalue weighted by molar-refractivity contribution is 7.98. The van der Waals surface area contributed by atoms with Crippen molar-refractivity contribution in [2.45, 2.75) is 15.5 Å². The fourth-order valence-corrected chi connectivity index (χ4v) is 4.79. The third-order valence-corrected chi connectivity index (χ3v) is 6.75. The van der Waals surface area contributed by atoms with Gasteiger partial charge < -0.3 is 4.74 Å². The van der Waals surface area contributed by atoms with Crippen LogP contribution in [0.5, 0.6) is 5.75 Å². The topological polar surface area (TPSA) is 60.4 Å². The predicted molar refractivity (Wildman–Crippen MR) is 122 cm³/mol. The van der Waals surface area contributed by atoms with Crippen LogP contribution < -0.4 is 4.74 Å². The van der Waals surface area contributed by atoms with Gasteiger partial charge in [0, 0.05) is 22.5 Å². The molecule has 0 unspecified atom stereocenters. The molecule has 154 valence electrons. The molecule has 0 N–H and O–H groups in total. The Bertz CT molecular complexity index is 1160. The molecule has 0 spiro atoms. The van der Waals surface area contributed by atoms with E-state index in [1.54, 1.807) is 49.2 Å². The summed E-state index contributed by atoms with van der Waals surface area (Å²) in [4.78, 5) is 13.9. The number of allylic oxidation sites excluding steroid dienone is 1. The molecule has 0 heterocycles. The van der Waals surface area contributed by atoms with Gasteiger partial charge in [0.2, 0.25) is 0 Å². The van der Waals surface area contributed by atoms with Crippen molar-refractivity contribution in [2.24, 2.45) is 0 Å². The quantitative estimate of drug-likeness (QED) is 0.272. The molecule has 0 aliphatic carbocycles. The minimum atomic E-state index is -3.37. The van der Waals surface area contributed by atoms with Crippen molar-refractivity contribution in [3.63, 3.8) is 0 Å². The van der Waals surface area contributed by atoms with E-state index in [1.807, 2.05) is 42.5 Å². The zero-order valence-electron chi connectivity index (χ0n) is 16.7. The minimum absolute atomic E-state index is 0.170. The van der Waals surface area contributed by atoms with Crippen molar-refractivity contribution in [2.75, 3.05) is 13.4 Å². The predicted octanol–water partition coefficient (Wildman–Crippen LogP) is 5.29. The van der Waals surface area contributed by atoms with Gasteiger partial charge >= 0.3 is 0 Å². The first-order valence-corrected chi connectivity index (χ1v) is 12.1. The van der Waals surface area contributed by atoms with Gasteiger partial charge in [-0.1, -0.05) is 42.5 Å². The van der Waals surface area contributed by atoms with Crippen LogP contribution in [0.3, 0.4) is 0 Å². The van der Waals surface area contributed by atoms with Gasteiger partial charge in [-0.15, -0.1) is 11.8 Å². The monoisotopic (exact) mass is 438 g/mol. The maximum atomic E-state index is 12.8. The summed E-state index contributed by atoms with van der Waals surface area (Å²) in [5.74, 6) is 1.35. The van der Waals surface area contributed by atoms with E-state index in [0.29, 0.717) is 11.1 Å². The summed E-state index contributed by atoms with van der Waals surface area (Å²) >= 11 is 1.58. The number of benzene rings is 3. The first-order valence-electron chi connectivity index (χ1n) is 9.25. The van der Waals surface area contributed by atoms with E-state index in [2.05, 4.69) is 0 Å². The highest BCUT2D eigenvalue weighted by Gasteiger charge is 2.12. The Morgan fingerprint density at radius 1 is 0.967 bits per heavy atom. The Balaban J connectivity index is 1.78. The number of carbonyl (C=O) groups is 1. The maximum Gasteiger partial charge on any atom is 0.186 e. The fourth-order valence-electron chi connectivity index (χ4n) is 2.89. The number of thioether (sulfide) groups is 1. The van der Waals surface area contributed by atoms with Gasteiger partial charge in [-0.2, -0.15) is 0 Å². The van der Waals surface area contributed by atoms with E-state index < -0.39 is 9.84 Å². The molecule has 3 rings (SSSR count). The van der Waals surface area contributed by atoms with Crippen LogP contribution in [-0.4, -0.2) is 27.6 Å². The molecule has 0 atom stereocenters. The van der Waals surface area contributed by atoms with E-state index >= 15 is 0 Å². The molecule has 0 radical (unpaired) electrons. The van der Waals surface area contributed by atoms with Gasteiger partial charge in [0.1, 0.15) is 5.75 Å². The molecule has 3 aromatic carbocycles. The van der Waals surface area contributed by atoms with Crippen LogP contribution in [0.15, 0.2) is 88.7 Å². The summed E-state index contributed by atoms with van der Waals surface area (Å²) in [6.45, 7) is 0. The molecule has 0 saturated carbocycles. The van der Waals surface area contributed by atoms with Gasteiger partial charge in [-0.3, -0.25) is 4.79 Å². The second-order valence-electron chi connectivity index (χ2n) is 6.64. The van der Waals surface area contributed by atoms with Crippen LogP contribution in [0.25, 0.3) is 6.08 Å². The maximum absolute atomic E-state index is 12.8. The number of carbonyl (C=O) groups excluding carboxylic acids is 1. The smallest absolute Gasteiger partial charge is 0.186 e. The molecular weight excluding hydrogens is 416 g/mol. The lowest BCUT2D eigenvalue weighted by atomic mass is 10.1. The Hall–Kier alpha value is -2.83. The molecule has 0 aliphatic rings. The SMILES string of the molecule is COc1ccc(CSc2ccccc2C(=O)C=Cc2ccccc2S(C)(=O)=O)cc1. The van der Waals surface area contributed by atoms with E-state index in [9.17, 15) is 13.2 Å². The molecule has 0 saturated heterocycles. The van der Waals surface area contributed by atoms with E-state index in [1.165, 1.54) is 12.1 Å². The average molecular weight is 439 g/mol. The van der Waals surface area contributed by atoms with Crippen molar-refractivity contribution in [3.05, 3.63) is 95.6 Å². The summed E-state index contributed by atoms with van der Waals surface area (Å²) in [6, 6.07) is 21.9. The Morgan fingerprint density at radius 2 is 1.63 bits per heavy atom. The molecule has 0 bridgehead atoms. The molecule has 0 amide bonds. The number of ether oxygens (including phenoxy) is 1. The average Bonchev–Trinajstić information content (AvgIpc) is 2.76. The number of rotatable bonds is 8. The Labute approximate surface area is 181 Å². The molecule has 0 aliphatic heterocycles. The number of hydrogen-bond donors (Lipinski definition) is 0. The molecule has 6 heteroatoms. The zero-order valence-corrected chi connectivity index (χ0v) is 18.4. The summed E-state index contributed by atoms with van der Waals surface area (Å²) < 4.78 is 29.1. The van der Waals surface area contributed by atoms with Crippen LogP contribution in [0.2, 0.25) is 0 Å². The van der Waals surface area contributed by atoms with E-state index in [-0.39, 0.29) is 10.7 Å². The van der Waals surface area contributed by atoms with Crippen molar-refractivity contribution in [1.29, 1.82) is 0 Å². The van der Waals surface area contributed by atoms with Crippen LogP contribution in [0.4, 0.5) is 0 Å². The van der Waals surface area contributed by atoms with Gasteiger partial charge in [-0.05, 0) is 53.6 Å².